The highest BCUT2D eigenvalue weighted by Gasteiger charge is 2.21. The molecule has 0 amide bonds. The molecule has 0 atom stereocenters. The van der Waals surface area contributed by atoms with Crippen LogP contribution < -0.4 is 15.8 Å². The summed E-state index contributed by atoms with van der Waals surface area (Å²) < 4.78 is 0. The molecule has 0 spiro atoms. The van der Waals surface area contributed by atoms with E-state index in [1.54, 1.807) is 0 Å². The highest BCUT2D eigenvalue weighted by molar-refractivity contribution is 5.96. The van der Waals surface area contributed by atoms with E-state index in [1.165, 1.54) is 22.1 Å². The third-order valence-electron chi connectivity index (χ3n) is 6.43. The maximum Gasteiger partial charge on any atom is 0.253 e. The fourth-order valence-electron chi connectivity index (χ4n) is 4.94. The number of nitrogens with zero attached hydrogens (tertiary/aromatic N) is 3. The molecule has 2 aromatic heterocycles. The monoisotopic (exact) mass is 403 g/mol. The lowest BCUT2D eigenvalue weighted by Gasteiger charge is -2.36. The number of aromatic nitrogens is 2. The Labute approximate surface area is 176 Å². The average molecular weight is 404 g/mol. The highest BCUT2D eigenvalue weighted by Crippen LogP contribution is 2.31. The lowest BCUT2D eigenvalue weighted by Crippen LogP contribution is -2.46. The largest absolute Gasteiger partial charge is 0.384 e. The number of anilines is 2. The molecule has 1 fully saturated rings. The van der Waals surface area contributed by atoms with Gasteiger partial charge in [0.05, 0.1) is 11.2 Å². The van der Waals surface area contributed by atoms with E-state index < -0.39 is 0 Å². The number of aryl methyl sites for hydroxylation is 2. The SMILES string of the molecule is Cc1cccnc1N1CCN(Cc2cc(C)c3c4c(c(=O)[nH]c3c2)CCCN4)CC1. The third-order valence-corrected chi connectivity index (χ3v) is 6.43. The van der Waals surface area contributed by atoms with Gasteiger partial charge >= 0.3 is 0 Å². The van der Waals surface area contributed by atoms with Crippen LogP contribution in [0.2, 0.25) is 0 Å². The van der Waals surface area contributed by atoms with Gasteiger partial charge in [-0.3, -0.25) is 9.69 Å². The molecular weight excluding hydrogens is 374 g/mol. The molecule has 0 saturated carbocycles. The van der Waals surface area contributed by atoms with Gasteiger partial charge in [0.25, 0.3) is 5.56 Å². The Hall–Kier alpha value is -2.86. The topological polar surface area (TPSA) is 64.3 Å². The quantitative estimate of drug-likeness (QED) is 0.703. The summed E-state index contributed by atoms with van der Waals surface area (Å²) in [5.74, 6) is 1.11. The van der Waals surface area contributed by atoms with Crippen LogP contribution in [0.25, 0.3) is 10.9 Å². The molecule has 30 heavy (non-hydrogen) atoms. The summed E-state index contributed by atoms with van der Waals surface area (Å²) in [6.07, 6.45) is 3.75. The number of pyridine rings is 2. The number of nitrogens with one attached hydrogen (secondary N) is 2. The van der Waals surface area contributed by atoms with Gasteiger partial charge in [-0.15, -0.1) is 0 Å². The van der Waals surface area contributed by atoms with Gasteiger partial charge in [0.2, 0.25) is 0 Å². The molecule has 6 heteroatoms. The highest BCUT2D eigenvalue weighted by atomic mass is 16.1. The number of aromatic amines is 1. The molecule has 5 rings (SSSR count). The van der Waals surface area contributed by atoms with Crippen molar-refractivity contribution in [3.8, 4) is 0 Å². The van der Waals surface area contributed by atoms with Crippen molar-refractivity contribution in [2.24, 2.45) is 0 Å². The van der Waals surface area contributed by atoms with E-state index in [0.717, 1.165) is 74.7 Å². The summed E-state index contributed by atoms with van der Waals surface area (Å²) in [4.78, 5) is 25.2. The molecule has 3 aromatic rings. The summed E-state index contributed by atoms with van der Waals surface area (Å²) in [6.45, 7) is 10.1. The Morgan fingerprint density at radius 3 is 2.73 bits per heavy atom. The van der Waals surface area contributed by atoms with E-state index in [1.807, 2.05) is 12.3 Å². The van der Waals surface area contributed by atoms with Crippen molar-refractivity contribution in [2.75, 3.05) is 42.9 Å². The Bertz CT molecular complexity index is 1140. The van der Waals surface area contributed by atoms with Crippen LogP contribution >= 0.6 is 0 Å². The molecule has 0 bridgehead atoms. The van der Waals surface area contributed by atoms with Crippen LogP contribution in [0.15, 0.2) is 35.3 Å². The zero-order valence-corrected chi connectivity index (χ0v) is 17.8. The number of H-pyrrole nitrogens is 1. The summed E-state index contributed by atoms with van der Waals surface area (Å²) in [5.41, 5.74) is 6.68. The van der Waals surface area contributed by atoms with E-state index in [4.69, 9.17) is 0 Å². The van der Waals surface area contributed by atoms with Crippen molar-refractivity contribution in [1.82, 2.24) is 14.9 Å². The minimum Gasteiger partial charge on any atom is -0.384 e. The van der Waals surface area contributed by atoms with E-state index in [9.17, 15) is 4.79 Å². The molecular formula is C24H29N5O. The van der Waals surface area contributed by atoms with Gasteiger partial charge in [-0.1, -0.05) is 12.1 Å². The van der Waals surface area contributed by atoms with Gasteiger partial charge in [0, 0.05) is 56.4 Å². The minimum absolute atomic E-state index is 0.0561. The first-order valence-electron chi connectivity index (χ1n) is 10.9. The standard InChI is InChI=1S/C24H29N5O/c1-16-5-3-8-26-23(16)29-11-9-28(10-12-29)15-18-13-17(2)21-20(14-18)27-24(30)19-6-4-7-25-22(19)21/h3,5,8,13-14,25H,4,6-7,9-12,15H2,1-2H3,(H,27,30). The zero-order valence-electron chi connectivity index (χ0n) is 17.8. The molecule has 4 heterocycles. The summed E-state index contributed by atoms with van der Waals surface area (Å²) >= 11 is 0. The van der Waals surface area contributed by atoms with Crippen LogP contribution in [-0.2, 0) is 13.0 Å². The van der Waals surface area contributed by atoms with E-state index in [0.29, 0.717) is 0 Å². The second-order valence-corrected chi connectivity index (χ2v) is 8.58. The van der Waals surface area contributed by atoms with Gasteiger partial charge in [0.15, 0.2) is 0 Å². The lowest BCUT2D eigenvalue weighted by atomic mass is 9.97. The number of piperazine rings is 1. The van der Waals surface area contributed by atoms with Crippen molar-refractivity contribution in [3.63, 3.8) is 0 Å². The number of hydrogen-bond acceptors (Lipinski definition) is 5. The predicted molar refractivity (Wildman–Crippen MR) is 123 cm³/mol. The van der Waals surface area contributed by atoms with E-state index in [-0.39, 0.29) is 5.56 Å². The first-order valence-corrected chi connectivity index (χ1v) is 10.9. The molecule has 2 aliphatic heterocycles. The summed E-state index contributed by atoms with van der Waals surface area (Å²) in [6, 6.07) is 8.57. The molecule has 1 aromatic carbocycles. The van der Waals surface area contributed by atoms with Gasteiger partial charge in [-0.05, 0) is 55.5 Å². The van der Waals surface area contributed by atoms with Crippen LogP contribution in [-0.4, -0.2) is 47.6 Å². The van der Waals surface area contributed by atoms with Crippen molar-refractivity contribution < 1.29 is 0 Å². The third kappa shape index (κ3) is 3.45. The Morgan fingerprint density at radius 1 is 1.10 bits per heavy atom. The van der Waals surface area contributed by atoms with Crippen LogP contribution in [0.5, 0.6) is 0 Å². The van der Waals surface area contributed by atoms with Crippen LogP contribution in [0.1, 0.15) is 28.7 Å². The average Bonchev–Trinajstić information content (AvgIpc) is 2.75. The van der Waals surface area contributed by atoms with Crippen LogP contribution in [0, 0.1) is 13.8 Å². The molecule has 0 radical (unpaired) electrons. The van der Waals surface area contributed by atoms with Gasteiger partial charge in [-0.2, -0.15) is 0 Å². The Kier molecular flexibility index (Phi) is 4.95. The Balaban J connectivity index is 1.35. The predicted octanol–water partition coefficient (Wildman–Crippen LogP) is 3.22. The minimum atomic E-state index is 0.0561. The number of hydrogen-bond donors (Lipinski definition) is 2. The number of rotatable bonds is 3. The molecule has 0 unspecified atom stereocenters. The lowest BCUT2D eigenvalue weighted by molar-refractivity contribution is 0.249. The van der Waals surface area contributed by atoms with Crippen LogP contribution in [0.3, 0.4) is 0 Å². The molecule has 2 aliphatic rings. The van der Waals surface area contributed by atoms with Gasteiger partial charge < -0.3 is 15.2 Å². The fraction of sp³-hybridized carbons (Fsp3) is 0.417. The zero-order chi connectivity index (χ0) is 20.7. The number of fused-ring (bicyclic) bond motifs is 3. The summed E-state index contributed by atoms with van der Waals surface area (Å²) in [5, 5.41) is 4.64. The van der Waals surface area contributed by atoms with E-state index in [2.05, 4.69) is 57.1 Å². The maximum absolute atomic E-state index is 12.6. The normalized spacial score (nSPS) is 17.1. The van der Waals surface area contributed by atoms with Crippen molar-refractivity contribution in [3.05, 3.63) is 63.1 Å². The molecule has 156 valence electrons. The second kappa shape index (κ2) is 7.76. The first kappa shape index (κ1) is 19.1. The molecule has 2 N–H and O–H groups in total. The number of benzene rings is 1. The second-order valence-electron chi connectivity index (χ2n) is 8.58. The van der Waals surface area contributed by atoms with Gasteiger partial charge in [0.1, 0.15) is 5.82 Å². The molecule has 6 nitrogen and oxygen atoms in total. The van der Waals surface area contributed by atoms with Crippen molar-refractivity contribution in [2.45, 2.75) is 33.2 Å². The maximum atomic E-state index is 12.6. The Morgan fingerprint density at radius 2 is 1.93 bits per heavy atom. The summed E-state index contributed by atoms with van der Waals surface area (Å²) in [7, 11) is 0. The van der Waals surface area contributed by atoms with Crippen LogP contribution in [0.4, 0.5) is 11.5 Å². The van der Waals surface area contributed by atoms with Gasteiger partial charge in [-0.25, -0.2) is 4.98 Å². The molecule has 1 saturated heterocycles. The van der Waals surface area contributed by atoms with Crippen molar-refractivity contribution in [1.29, 1.82) is 0 Å². The van der Waals surface area contributed by atoms with E-state index >= 15 is 0 Å². The first-order chi connectivity index (χ1) is 14.6. The smallest absolute Gasteiger partial charge is 0.253 e. The fourth-order valence-corrected chi connectivity index (χ4v) is 4.94. The molecule has 0 aliphatic carbocycles. The van der Waals surface area contributed by atoms with Crippen molar-refractivity contribution >= 4 is 22.4 Å².